The summed E-state index contributed by atoms with van der Waals surface area (Å²) in [6, 6.07) is 8.23. The topological polar surface area (TPSA) is 41.1 Å². The van der Waals surface area contributed by atoms with E-state index in [4.69, 9.17) is 0 Å². The molecule has 0 radical (unpaired) electrons. The Balaban J connectivity index is 2.04. The van der Waals surface area contributed by atoms with E-state index >= 15 is 0 Å². The van der Waals surface area contributed by atoms with E-state index in [1.165, 1.54) is 10.5 Å². The molecular weight excluding hydrogens is 324 g/mol. The zero-order chi connectivity index (χ0) is 13.4. The molecule has 2 unspecified atom stereocenters. The average Bonchev–Trinajstić information content (AvgIpc) is 2.80. The van der Waals surface area contributed by atoms with Gasteiger partial charge in [0.2, 0.25) is 5.91 Å². The Morgan fingerprint density at radius 3 is 2.79 bits per heavy atom. The number of hydrogen-bond acceptors (Lipinski definition) is 3. The lowest BCUT2D eigenvalue weighted by Crippen LogP contribution is -2.52. The number of rotatable bonds is 2. The highest BCUT2D eigenvalue weighted by Gasteiger charge is 2.42. The summed E-state index contributed by atoms with van der Waals surface area (Å²) in [5, 5.41) is 6.45. The molecule has 5 heteroatoms. The number of hydrogen-bond donors (Lipinski definition) is 2. The number of nitrogens with one attached hydrogen (secondary N) is 2. The minimum absolute atomic E-state index is 0.0742. The molecule has 1 fully saturated rings. The second kappa shape index (κ2) is 5.31. The van der Waals surface area contributed by atoms with E-state index in [0.717, 1.165) is 16.5 Å². The van der Waals surface area contributed by atoms with E-state index in [9.17, 15) is 4.79 Å². The summed E-state index contributed by atoms with van der Waals surface area (Å²) in [6.45, 7) is 2.72. The Labute approximate surface area is 125 Å². The monoisotopic (exact) mass is 338 g/mol. The van der Waals surface area contributed by atoms with Crippen LogP contribution in [-0.4, -0.2) is 17.9 Å². The maximum absolute atomic E-state index is 12.2. The summed E-state index contributed by atoms with van der Waals surface area (Å²) in [5.74, 6) is 0.0625. The van der Waals surface area contributed by atoms with Crippen molar-refractivity contribution in [3.63, 3.8) is 0 Å². The molecule has 2 atom stereocenters. The first-order chi connectivity index (χ1) is 9.20. The summed E-state index contributed by atoms with van der Waals surface area (Å²) in [7, 11) is 0. The van der Waals surface area contributed by atoms with Crippen molar-refractivity contribution in [1.29, 1.82) is 0 Å². The lowest BCUT2D eigenvalue weighted by Gasteiger charge is -2.27. The van der Waals surface area contributed by atoms with Gasteiger partial charge < -0.3 is 5.32 Å². The number of carbonyl (C=O) groups is 1. The van der Waals surface area contributed by atoms with Gasteiger partial charge in [-0.05, 0) is 34.6 Å². The zero-order valence-corrected chi connectivity index (χ0v) is 13.0. The highest BCUT2D eigenvalue weighted by molar-refractivity contribution is 9.10. The van der Waals surface area contributed by atoms with Gasteiger partial charge in [-0.2, -0.15) is 0 Å². The van der Waals surface area contributed by atoms with E-state index in [1.807, 2.05) is 12.1 Å². The molecule has 0 saturated carbocycles. The molecule has 0 spiro atoms. The largest absolute Gasteiger partial charge is 0.343 e. The summed E-state index contributed by atoms with van der Waals surface area (Å²) in [5.41, 5.74) is 2.34. The molecular formula is C14H15BrN2OS. The molecule has 2 heterocycles. The van der Waals surface area contributed by atoms with Crippen molar-refractivity contribution in [2.75, 3.05) is 6.67 Å². The summed E-state index contributed by atoms with van der Waals surface area (Å²) >= 11 is 5.26. The van der Waals surface area contributed by atoms with Crippen LogP contribution in [0.2, 0.25) is 0 Å². The van der Waals surface area contributed by atoms with E-state index < -0.39 is 0 Å². The van der Waals surface area contributed by atoms with Crippen LogP contribution < -0.4 is 10.6 Å². The summed E-state index contributed by atoms with van der Waals surface area (Å²) in [6.07, 6.45) is 0.970. The average molecular weight is 339 g/mol. The Bertz CT molecular complexity index is 541. The lowest BCUT2D eigenvalue weighted by molar-refractivity contribution is -0.124. The molecule has 0 aromatic heterocycles. The normalized spacial score (nSPS) is 26.3. The Morgan fingerprint density at radius 2 is 2.11 bits per heavy atom. The van der Waals surface area contributed by atoms with Crippen molar-refractivity contribution in [2.45, 2.75) is 18.7 Å². The Morgan fingerprint density at radius 1 is 1.37 bits per heavy atom. The third-order valence-electron chi connectivity index (χ3n) is 3.51. The Hall–Kier alpha value is -0.780. The predicted molar refractivity (Wildman–Crippen MR) is 82.4 cm³/mol. The fourth-order valence-electron chi connectivity index (χ4n) is 2.63. The SMILES string of the molecule is CCC1=C(c2ccc(Br)cc2)C2C(=O)NCNC2S1. The van der Waals surface area contributed by atoms with Crippen LogP contribution in [0.25, 0.3) is 5.57 Å². The van der Waals surface area contributed by atoms with Gasteiger partial charge in [-0.25, -0.2) is 0 Å². The van der Waals surface area contributed by atoms with E-state index in [2.05, 4.69) is 45.6 Å². The van der Waals surface area contributed by atoms with Gasteiger partial charge in [0.15, 0.2) is 0 Å². The smallest absolute Gasteiger partial charge is 0.231 e. The lowest BCUT2D eigenvalue weighted by atomic mass is 9.90. The molecule has 1 amide bonds. The van der Waals surface area contributed by atoms with E-state index in [-0.39, 0.29) is 17.2 Å². The van der Waals surface area contributed by atoms with Crippen LogP contribution in [0.15, 0.2) is 33.6 Å². The van der Waals surface area contributed by atoms with Gasteiger partial charge in [-0.3, -0.25) is 10.1 Å². The van der Waals surface area contributed by atoms with Gasteiger partial charge in [0.25, 0.3) is 0 Å². The van der Waals surface area contributed by atoms with Crippen molar-refractivity contribution < 1.29 is 4.79 Å². The quantitative estimate of drug-likeness (QED) is 0.871. The van der Waals surface area contributed by atoms with Gasteiger partial charge in [0, 0.05) is 4.47 Å². The third kappa shape index (κ3) is 2.35. The molecule has 2 aliphatic heterocycles. The van der Waals surface area contributed by atoms with Gasteiger partial charge in [0.05, 0.1) is 18.0 Å². The number of halogens is 1. The van der Waals surface area contributed by atoms with Crippen LogP contribution in [0.1, 0.15) is 18.9 Å². The number of carbonyl (C=O) groups excluding carboxylic acids is 1. The van der Waals surface area contributed by atoms with Crippen molar-refractivity contribution in [2.24, 2.45) is 5.92 Å². The van der Waals surface area contributed by atoms with Crippen LogP contribution >= 0.6 is 27.7 Å². The first-order valence-electron chi connectivity index (χ1n) is 6.37. The molecule has 2 N–H and O–H groups in total. The van der Waals surface area contributed by atoms with Crippen LogP contribution in [-0.2, 0) is 4.79 Å². The minimum Gasteiger partial charge on any atom is -0.343 e. The van der Waals surface area contributed by atoms with Crippen LogP contribution in [0, 0.1) is 5.92 Å². The highest BCUT2D eigenvalue weighted by atomic mass is 79.9. The molecule has 2 aliphatic rings. The molecule has 100 valence electrons. The van der Waals surface area contributed by atoms with Crippen molar-refractivity contribution in [3.05, 3.63) is 39.2 Å². The number of amides is 1. The number of thioether (sulfide) groups is 1. The fourth-order valence-corrected chi connectivity index (χ4v) is 4.30. The van der Waals surface area contributed by atoms with Crippen LogP contribution in [0.4, 0.5) is 0 Å². The first kappa shape index (κ1) is 13.2. The van der Waals surface area contributed by atoms with Crippen molar-refractivity contribution in [1.82, 2.24) is 10.6 Å². The maximum atomic E-state index is 12.2. The summed E-state index contributed by atoms with van der Waals surface area (Å²) < 4.78 is 1.06. The van der Waals surface area contributed by atoms with Crippen molar-refractivity contribution in [3.8, 4) is 0 Å². The molecule has 19 heavy (non-hydrogen) atoms. The Kier molecular flexibility index (Phi) is 3.69. The molecule has 1 aromatic carbocycles. The number of fused-ring (bicyclic) bond motifs is 1. The molecule has 1 aromatic rings. The number of benzene rings is 1. The standard InChI is InChI=1S/C14H15BrN2OS/c1-2-10-11(8-3-5-9(15)6-4-8)12-13(18)16-7-17-14(12)19-10/h3-6,12,14,17H,2,7H2,1H3,(H,16,18). The van der Waals surface area contributed by atoms with Gasteiger partial charge in [-0.15, -0.1) is 11.8 Å². The molecule has 3 nitrogen and oxygen atoms in total. The summed E-state index contributed by atoms with van der Waals surface area (Å²) in [4.78, 5) is 13.5. The molecule has 3 rings (SSSR count). The molecule has 1 saturated heterocycles. The molecule has 0 bridgehead atoms. The van der Waals surface area contributed by atoms with Crippen LogP contribution in [0.3, 0.4) is 0 Å². The van der Waals surface area contributed by atoms with Gasteiger partial charge in [0.1, 0.15) is 0 Å². The van der Waals surface area contributed by atoms with Gasteiger partial charge in [-0.1, -0.05) is 35.0 Å². The zero-order valence-electron chi connectivity index (χ0n) is 10.6. The minimum atomic E-state index is -0.0742. The first-order valence-corrected chi connectivity index (χ1v) is 8.04. The maximum Gasteiger partial charge on any atom is 0.231 e. The predicted octanol–water partition coefficient (Wildman–Crippen LogP) is 2.94. The third-order valence-corrected chi connectivity index (χ3v) is 5.52. The van der Waals surface area contributed by atoms with E-state index in [1.54, 1.807) is 11.8 Å². The van der Waals surface area contributed by atoms with E-state index in [0.29, 0.717) is 6.67 Å². The van der Waals surface area contributed by atoms with Crippen molar-refractivity contribution >= 4 is 39.2 Å². The second-order valence-corrected chi connectivity index (χ2v) is 6.79. The second-order valence-electron chi connectivity index (χ2n) is 4.64. The highest BCUT2D eigenvalue weighted by Crippen LogP contribution is 2.48. The number of allylic oxidation sites excluding steroid dienone is 1. The van der Waals surface area contributed by atoms with Crippen LogP contribution in [0.5, 0.6) is 0 Å². The fraction of sp³-hybridized carbons (Fsp3) is 0.357. The van der Waals surface area contributed by atoms with Gasteiger partial charge >= 0.3 is 0 Å². The molecule has 0 aliphatic carbocycles.